The van der Waals surface area contributed by atoms with Gasteiger partial charge in [0.25, 0.3) is 0 Å². The third-order valence-electron chi connectivity index (χ3n) is 3.47. The molecule has 0 unspecified atom stereocenters. The maximum Gasteiger partial charge on any atom is 0.239 e. The van der Waals surface area contributed by atoms with Crippen LogP contribution in [0.3, 0.4) is 0 Å². The Hall–Kier alpha value is -1.49. The van der Waals surface area contributed by atoms with Crippen molar-refractivity contribution < 1.29 is 4.79 Å². The molecule has 23 heavy (non-hydrogen) atoms. The second-order valence-electron chi connectivity index (χ2n) is 5.04. The van der Waals surface area contributed by atoms with Crippen molar-refractivity contribution in [2.45, 2.75) is 6.42 Å². The highest BCUT2D eigenvalue weighted by Crippen LogP contribution is 2.33. The van der Waals surface area contributed by atoms with Crippen molar-refractivity contribution in [2.24, 2.45) is 4.99 Å². The van der Waals surface area contributed by atoms with E-state index in [0.717, 1.165) is 6.42 Å². The SMILES string of the molecule is O=C1CSC(=Nc2cccc(Cl)c2Cl)N1CCc1ccccc1. The van der Waals surface area contributed by atoms with Gasteiger partial charge in [-0.3, -0.25) is 9.69 Å². The average Bonchev–Trinajstić information content (AvgIpc) is 2.91. The number of nitrogens with zero attached hydrogens (tertiary/aromatic N) is 2. The highest BCUT2D eigenvalue weighted by Gasteiger charge is 2.28. The van der Waals surface area contributed by atoms with E-state index in [0.29, 0.717) is 33.2 Å². The maximum absolute atomic E-state index is 12.1. The van der Waals surface area contributed by atoms with Gasteiger partial charge in [0.2, 0.25) is 5.91 Å². The summed E-state index contributed by atoms with van der Waals surface area (Å²) in [7, 11) is 0. The average molecular weight is 365 g/mol. The Labute approximate surface area is 149 Å². The van der Waals surface area contributed by atoms with Crippen LogP contribution >= 0.6 is 35.0 Å². The molecule has 0 aromatic heterocycles. The highest BCUT2D eigenvalue weighted by atomic mass is 35.5. The Kier molecular flexibility index (Phi) is 5.26. The Morgan fingerprint density at radius 2 is 1.87 bits per heavy atom. The smallest absolute Gasteiger partial charge is 0.239 e. The first-order valence-corrected chi connectivity index (χ1v) is 8.89. The van der Waals surface area contributed by atoms with Gasteiger partial charge in [0.05, 0.1) is 21.5 Å². The third-order valence-corrected chi connectivity index (χ3v) is 5.24. The van der Waals surface area contributed by atoms with E-state index in [1.165, 1.54) is 17.3 Å². The van der Waals surface area contributed by atoms with Crippen LogP contribution in [0.25, 0.3) is 0 Å². The van der Waals surface area contributed by atoms with Crippen LogP contribution in [-0.4, -0.2) is 28.3 Å². The molecular weight excluding hydrogens is 351 g/mol. The van der Waals surface area contributed by atoms with Crippen LogP contribution in [0.4, 0.5) is 5.69 Å². The quantitative estimate of drug-likeness (QED) is 0.780. The van der Waals surface area contributed by atoms with E-state index in [2.05, 4.69) is 17.1 Å². The van der Waals surface area contributed by atoms with Crippen LogP contribution in [0.15, 0.2) is 53.5 Å². The molecule has 0 bridgehead atoms. The van der Waals surface area contributed by atoms with E-state index >= 15 is 0 Å². The van der Waals surface area contributed by atoms with Crippen molar-refractivity contribution in [1.29, 1.82) is 0 Å². The van der Waals surface area contributed by atoms with Crippen molar-refractivity contribution >= 4 is 51.7 Å². The van der Waals surface area contributed by atoms with Crippen molar-refractivity contribution in [3.63, 3.8) is 0 Å². The monoisotopic (exact) mass is 364 g/mol. The number of hydrogen-bond acceptors (Lipinski definition) is 3. The highest BCUT2D eigenvalue weighted by molar-refractivity contribution is 8.15. The number of halogens is 2. The second-order valence-corrected chi connectivity index (χ2v) is 6.76. The number of aliphatic imine (C=N–C) groups is 1. The van der Waals surface area contributed by atoms with Crippen LogP contribution < -0.4 is 0 Å². The van der Waals surface area contributed by atoms with Gasteiger partial charge < -0.3 is 0 Å². The molecule has 3 nitrogen and oxygen atoms in total. The van der Waals surface area contributed by atoms with Crippen molar-refractivity contribution in [1.82, 2.24) is 4.90 Å². The number of thioether (sulfide) groups is 1. The molecule has 0 saturated carbocycles. The fourth-order valence-electron chi connectivity index (χ4n) is 2.27. The number of benzene rings is 2. The zero-order valence-corrected chi connectivity index (χ0v) is 14.5. The fraction of sp³-hybridized carbons (Fsp3) is 0.176. The first-order chi connectivity index (χ1) is 11.1. The van der Waals surface area contributed by atoms with E-state index in [4.69, 9.17) is 23.2 Å². The predicted octanol–water partition coefficient (Wildman–Crippen LogP) is 4.80. The van der Waals surface area contributed by atoms with Gasteiger partial charge in [0, 0.05) is 6.54 Å². The van der Waals surface area contributed by atoms with Gasteiger partial charge in [-0.05, 0) is 24.1 Å². The molecule has 1 aliphatic rings. The minimum Gasteiger partial charge on any atom is -0.290 e. The molecule has 1 heterocycles. The van der Waals surface area contributed by atoms with Gasteiger partial charge >= 0.3 is 0 Å². The number of carbonyl (C=O) groups is 1. The molecule has 118 valence electrons. The number of hydrogen-bond donors (Lipinski definition) is 0. The summed E-state index contributed by atoms with van der Waals surface area (Å²) in [5, 5.41) is 1.54. The summed E-state index contributed by atoms with van der Waals surface area (Å²) in [6.45, 7) is 0.604. The normalized spacial score (nSPS) is 16.3. The number of amides is 1. The number of amidine groups is 1. The Balaban J connectivity index is 1.79. The summed E-state index contributed by atoms with van der Waals surface area (Å²) in [5.41, 5.74) is 1.78. The predicted molar refractivity (Wildman–Crippen MR) is 97.9 cm³/mol. The van der Waals surface area contributed by atoms with E-state index in [-0.39, 0.29) is 5.91 Å². The Bertz CT molecular complexity index is 750. The minimum absolute atomic E-state index is 0.0721. The maximum atomic E-state index is 12.1. The van der Waals surface area contributed by atoms with Crippen LogP contribution in [0.5, 0.6) is 0 Å². The standard InChI is InChI=1S/C17H14Cl2N2OS/c18-13-7-4-8-14(16(13)19)20-17-21(15(22)11-23-17)10-9-12-5-2-1-3-6-12/h1-8H,9-11H2. The van der Waals surface area contributed by atoms with E-state index in [9.17, 15) is 4.79 Å². The van der Waals surface area contributed by atoms with Crippen LogP contribution in [0.2, 0.25) is 10.0 Å². The van der Waals surface area contributed by atoms with Crippen molar-refractivity contribution in [3.8, 4) is 0 Å². The lowest BCUT2D eigenvalue weighted by Gasteiger charge is -2.16. The number of carbonyl (C=O) groups excluding carboxylic acids is 1. The molecule has 3 rings (SSSR count). The molecule has 1 fully saturated rings. The molecule has 0 N–H and O–H groups in total. The lowest BCUT2D eigenvalue weighted by Crippen LogP contribution is -2.31. The van der Waals surface area contributed by atoms with Gasteiger partial charge in [-0.2, -0.15) is 0 Å². The zero-order valence-electron chi connectivity index (χ0n) is 12.2. The van der Waals surface area contributed by atoms with Crippen LogP contribution in [0, 0.1) is 0 Å². The molecule has 0 spiro atoms. The Morgan fingerprint density at radius 1 is 1.09 bits per heavy atom. The summed E-state index contributed by atoms with van der Waals surface area (Å²) in [5.74, 6) is 0.481. The molecule has 1 amide bonds. The van der Waals surface area contributed by atoms with Gasteiger partial charge in [-0.15, -0.1) is 0 Å². The van der Waals surface area contributed by atoms with Crippen LogP contribution in [-0.2, 0) is 11.2 Å². The lowest BCUT2D eigenvalue weighted by atomic mass is 10.1. The lowest BCUT2D eigenvalue weighted by molar-refractivity contribution is -0.124. The summed E-state index contributed by atoms with van der Waals surface area (Å²) >= 11 is 13.6. The molecular formula is C17H14Cl2N2OS. The molecule has 0 radical (unpaired) electrons. The van der Waals surface area contributed by atoms with E-state index < -0.39 is 0 Å². The molecule has 1 saturated heterocycles. The van der Waals surface area contributed by atoms with Crippen molar-refractivity contribution in [3.05, 3.63) is 64.1 Å². The molecule has 0 aliphatic carbocycles. The third kappa shape index (κ3) is 3.89. The first kappa shape index (κ1) is 16.4. The Morgan fingerprint density at radius 3 is 2.65 bits per heavy atom. The van der Waals surface area contributed by atoms with Gasteiger partial charge in [0.15, 0.2) is 5.17 Å². The van der Waals surface area contributed by atoms with E-state index in [1.54, 1.807) is 23.1 Å². The molecule has 0 atom stereocenters. The summed E-state index contributed by atoms with van der Waals surface area (Å²) in [6, 6.07) is 15.4. The minimum atomic E-state index is 0.0721. The number of rotatable bonds is 4. The zero-order chi connectivity index (χ0) is 16.2. The summed E-state index contributed by atoms with van der Waals surface area (Å²) in [6.07, 6.45) is 0.787. The first-order valence-electron chi connectivity index (χ1n) is 7.15. The van der Waals surface area contributed by atoms with Gasteiger partial charge in [0.1, 0.15) is 0 Å². The molecule has 2 aromatic carbocycles. The largest absolute Gasteiger partial charge is 0.290 e. The fourth-order valence-corrected chi connectivity index (χ4v) is 3.53. The summed E-state index contributed by atoms with van der Waals surface area (Å²) < 4.78 is 0. The molecule has 2 aromatic rings. The molecule has 1 aliphatic heterocycles. The topological polar surface area (TPSA) is 32.7 Å². The van der Waals surface area contributed by atoms with Crippen LogP contribution in [0.1, 0.15) is 5.56 Å². The second kappa shape index (κ2) is 7.39. The summed E-state index contributed by atoms with van der Waals surface area (Å²) in [4.78, 5) is 18.4. The molecule has 6 heteroatoms. The van der Waals surface area contributed by atoms with E-state index in [1.807, 2.05) is 18.2 Å². The van der Waals surface area contributed by atoms with Gasteiger partial charge in [-0.25, -0.2) is 4.99 Å². The van der Waals surface area contributed by atoms with Crippen molar-refractivity contribution in [2.75, 3.05) is 12.3 Å². The van der Waals surface area contributed by atoms with Gasteiger partial charge in [-0.1, -0.05) is 71.4 Å².